The second kappa shape index (κ2) is 7.00. The summed E-state index contributed by atoms with van der Waals surface area (Å²) in [6.07, 6.45) is 5.34. The van der Waals surface area contributed by atoms with Crippen LogP contribution in [0.1, 0.15) is 44.6 Å². The smallest absolute Gasteiger partial charge is 0.325 e. The molecule has 8 heteroatoms. The van der Waals surface area contributed by atoms with E-state index in [1.807, 2.05) is 0 Å². The van der Waals surface area contributed by atoms with Crippen LogP contribution in [0.4, 0.5) is 4.79 Å². The monoisotopic (exact) mass is 387 g/mol. The Labute approximate surface area is 163 Å². The Kier molecular flexibility index (Phi) is 4.64. The first kappa shape index (κ1) is 18.6. The zero-order valence-corrected chi connectivity index (χ0v) is 16.2. The zero-order chi connectivity index (χ0) is 19.9. The number of urea groups is 1. The van der Waals surface area contributed by atoms with E-state index in [-0.39, 0.29) is 25.3 Å². The molecular formula is C20H25N3O5. The van der Waals surface area contributed by atoms with Crippen LogP contribution < -0.4 is 14.8 Å². The SMILES string of the molecule is CN(C(=O)CN1C(=O)N[C@@](C)(c2ccc3c(c2)OCO3)C1=O)C1CCCCC1. The number of hydrogen-bond acceptors (Lipinski definition) is 5. The van der Waals surface area contributed by atoms with Crippen LogP contribution in [-0.2, 0) is 15.1 Å². The van der Waals surface area contributed by atoms with Gasteiger partial charge < -0.3 is 19.7 Å². The molecule has 0 radical (unpaired) electrons. The fourth-order valence-corrected chi connectivity index (χ4v) is 4.16. The first-order valence-electron chi connectivity index (χ1n) is 9.70. The van der Waals surface area contributed by atoms with E-state index in [4.69, 9.17) is 9.47 Å². The van der Waals surface area contributed by atoms with Crippen molar-refractivity contribution in [3.63, 3.8) is 0 Å². The number of imide groups is 1. The van der Waals surface area contributed by atoms with Crippen molar-refractivity contribution in [3.05, 3.63) is 23.8 Å². The summed E-state index contributed by atoms with van der Waals surface area (Å²) in [5, 5.41) is 2.73. The first-order chi connectivity index (χ1) is 13.4. The molecular weight excluding hydrogens is 362 g/mol. The molecule has 1 saturated heterocycles. The molecule has 2 aliphatic heterocycles. The van der Waals surface area contributed by atoms with Crippen molar-refractivity contribution in [1.29, 1.82) is 0 Å². The standard InChI is InChI=1S/C20H25N3O5/c1-20(13-8-9-15-16(10-13)28-12-27-15)18(25)23(19(26)21-20)11-17(24)22(2)14-6-4-3-5-7-14/h8-10,14H,3-7,11-12H2,1-2H3,(H,21,26)/t20-/m0/s1. The number of hydrogen-bond donors (Lipinski definition) is 1. The molecule has 1 saturated carbocycles. The van der Waals surface area contributed by atoms with Gasteiger partial charge in [0.2, 0.25) is 12.7 Å². The van der Waals surface area contributed by atoms with Crippen molar-refractivity contribution >= 4 is 17.8 Å². The minimum absolute atomic E-state index is 0.129. The lowest BCUT2D eigenvalue weighted by Gasteiger charge is -2.32. The highest BCUT2D eigenvalue weighted by atomic mass is 16.7. The van der Waals surface area contributed by atoms with Gasteiger partial charge in [-0.1, -0.05) is 25.3 Å². The van der Waals surface area contributed by atoms with Gasteiger partial charge in [0.25, 0.3) is 5.91 Å². The minimum Gasteiger partial charge on any atom is -0.454 e. The third-order valence-electron chi connectivity index (χ3n) is 6.03. The molecule has 1 N–H and O–H groups in total. The summed E-state index contributed by atoms with van der Waals surface area (Å²) < 4.78 is 10.7. The number of rotatable bonds is 4. The summed E-state index contributed by atoms with van der Waals surface area (Å²) in [5.41, 5.74) is -0.660. The highest BCUT2D eigenvalue weighted by molar-refractivity contribution is 6.09. The topological polar surface area (TPSA) is 88.2 Å². The molecule has 1 aliphatic carbocycles. The average Bonchev–Trinajstić information content (AvgIpc) is 3.26. The molecule has 2 fully saturated rings. The van der Waals surface area contributed by atoms with E-state index in [0.29, 0.717) is 17.1 Å². The fraction of sp³-hybridized carbons (Fsp3) is 0.550. The van der Waals surface area contributed by atoms with E-state index >= 15 is 0 Å². The largest absolute Gasteiger partial charge is 0.454 e. The van der Waals surface area contributed by atoms with Crippen molar-refractivity contribution < 1.29 is 23.9 Å². The van der Waals surface area contributed by atoms with Crippen LogP contribution in [-0.4, -0.2) is 54.1 Å². The number of likely N-dealkylation sites (N-methyl/N-ethyl adjacent to an activating group) is 1. The van der Waals surface area contributed by atoms with Gasteiger partial charge in [-0.15, -0.1) is 0 Å². The molecule has 2 heterocycles. The Hall–Kier alpha value is -2.77. The maximum Gasteiger partial charge on any atom is 0.325 e. The van der Waals surface area contributed by atoms with E-state index in [0.717, 1.165) is 30.6 Å². The van der Waals surface area contributed by atoms with Crippen LogP contribution >= 0.6 is 0 Å². The predicted molar refractivity (Wildman–Crippen MR) is 99.8 cm³/mol. The quantitative estimate of drug-likeness (QED) is 0.798. The lowest BCUT2D eigenvalue weighted by atomic mass is 9.91. The highest BCUT2D eigenvalue weighted by Gasteiger charge is 2.50. The molecule has 150 valence electrons. The van der Waals surface area contributed by atoms with Crippen molar-refractivity contribution in [2.24, 2.45) is 0 Å². The van der Waals surface area contributed by atoms with E-state index < -0.39 is 17.5 Å². The normalized spacial score (nSPS) is 24.4. The van der Waals surface area contributed by atoms with Gasteiger partial charge in [0.1, 0.15) is 12.1 Å². The highest BCUT2D eigenvalue weighted by Crippen LogP contribution is 2.37. The molecule has 0 unspecified atom stereocenters. The van der Waals surface area contributed by atoms with Crippen LogP contribution in [0.3, 0.4) is 0 Å². The molecule has 3 aliphatic rings. The van der Waals surface area contributed by atoms with Crippen LogP contribution in [0.2, 0.25) is 0 Å². The van der Waals surface area contributed by atoms with E-state index in [1.54, 1.807) is 37.1 Å². The third-order valence-corrected chi connectivity index (χ3v) is 6.03. The second-order valence-corrected chi connectivity index (χ2v) is 7.81. The Morgan fingerprint density at radius 1 is 1.21 bits per heavy atom. The number of amides is 4. The van der Waals surface area contributed by atoms with Gasteiger partial charge in [-0.3, -0.25) is 14.5 Å². The van der Waals surface area contributed by atoms with Crippen molar-refractivity contribution in [1.82, 2.24) is 15.1 Å². The van der Waals surface area contributed by atoms with Crippen LogP contribution in [0.5, 0.6) is 11.5 Å². The van der Waals surface area contributed by atoms with Gasteiger partial charge in [0.15, 0.2) is 11.5 Å². The van der Waals surface area contributed by atoms with Gasteiger partial charge in [-0.05, 0) is 37.5 Å². The maximum absolute atomic E-state index is 13.1. The van der Waals surface area contributed by atoms with Gasteiger partial charge in [0.05, 0.1) is 0 Å². The number of fused-ring (bicyclic) bond motifs is 1. The summed E-state index contributed by atoms with van der Waals surface area (Å²) >= 11 is 0. The molecule has 0 spiro atoms. The molecule has 0 bridgehead atoms. The lowest BCUT2D eigenvalue weighted by Crippen LogP contribution is -2.46. The average molecular weight is 387 g/mol. The molecule has 0 aromatic heterocycles. The number of nitrogens with one attached hydrogen (secondary N) is 1. The molecule has 4 rings (SSSR count). The summed E-state index contributed by atoms with van der Waals surface area (Å²) in [4.78, 5) is 41.0. The Morgan fingerprint density at radius 3 is 2.68 bits per heavy atom. The van der Waals surface area contributed by atoms with E-state index in [1.165, 1.54) is 6.42 Å². The predicted octanol–water partition coefficient (Wildman–Crippen LogP) is 1.97. The van der Waals surface area contributed by atoms with Gasteiger partial charge in [-0.25, -0.2) is 4.79 Å². The number of carbonyl (C=O) groups excluding carboxylic acids is 3. The number of nitrogens with zero attached hydrogens (tertiary/aromatic N) is 2. The molecule has 1 atom stereocenters. The Bertz CT molecular complexity index is 820. The van der Waals surface area contributed by atoms with Crippen molar-refractivity contribution in [2.75, 3.05) is 20.4 Å². The zero-order valence-electron chi connectivity index (χ0n) is 16.2. The van der Waals surface area contributed by atoms with E-state index in [9.17, 15) is 14.4 Å². The second-order valence-electron chi connectivity index (χ2n) is 7.81. The Balaban J connectivity index is 1.49. The fourth-order valence-electron chi connectivity index (χ4n) is 4.16. The summed E-state index contributed by atoms with van der Waals surface area (Å²) in [6.45, 7) is 1.52. The molecule has 1 aromatic carbocycles. The minimum atomic E-state index is -1.25. The maximum atomic E-state index is 13.1. The van der Waals surface area contributed by atoms with Crippen molar-refractivity contribution in [2.45, 2.75) is 50.6 Å². The van der Waals surface area contributed by atoms with Gasteiger partial charge in [-0.2, -0.15) is 0 Å². The van der Waals surface area contributed by atoms with Crippen LogP contribution in [0, 0.1) is 0 Å². The van der Waals surface area contributed by atoms with Crippen LogP contribution in [0.15, 0.2) is 18.2 Å². The van der Waals surface area contributed by atoms with Crippen molar-refractivity contribution in [3.8, 4) is 11.5 Å². The van der Waals surface area contributed by atoms with Gasteiger partial charge in [0, 0.05) is 13.1 Å². The number of ether oxygens (including phenoxy) is 2. The van der Waals surface area contributed by atoms with E-state index in [2.05, 4.69) is 5.32 Å². The summed E-state index contributed by atoms with van der Waals surface area (Å²) in [5.74, 6) is 0.477. The third kappa shape index (κ3) is 3.06. The molecule has 4 amide bonds. The molecule has 8 nitrogen and oxygen atoms in total. The summed E-state index contributed by atoms with van der Waals surface area (Å²) in [7, 11) is 1.76. The number of benzene rings is 1. The lowest BCUT2D eigenvalue weighted by molar-refractivity contribution is -0.139. The number of carbonyl (C=O) groups is 3. The summed E-state index contributed by atoms with van der Waals surface area (Å²) in [6, 6.07) is 4.76. The van der Waals surface area contributed by atoms with Crippen LogP contribution in [0.25, 0.3) is 0 Å². The van der Waals surface area contributed by atoms with Gasteiger partial charge >= 0.3 is 6.03 Å². The molecule has 1 aromatic rings. The Morgan fingerprint density at radius 2 is 1.93 bits per heavy atom. The first-order valence-corrected chi connectivity index (χ1v) is 9.70. The molecule has 28 heavy (non-hydrogen) atoms.